The van der Waals surface area contributed by atoms with Crippen LogP contribution in [0, 0.1) is 10.1 Å². The van der Waals surface area contributed by atoms with Gasteiger partial charge in [-0.3, -0.25) is 19.8 Å². The number of nitrogens with one attached hydrogen (secondary N) is 1. The molecule has 2 rings (SSSR count). The number of urea groups is 1. The van der Waals surface area contributed by atoms with Crippen LogP contribution in [-0.4, -0.2) is 77.4 Å². The van der Waals surface area contributed by atoms with Crippen molar-refractivity contribution in [1.82, 2.24) is 14.7 Å². The molecular formula is C17H25N5O4. The molecule has 1 heterocycles. The van der Waals surface area contributed by atoms with E-state index < -0.39 is 4.92 Å². The number of likely N-dealkylation sites (N-methyl/N-ethyl adjacent to an activating group) is 1. The molecule has 1 fully saturated rings. The van der Waals surface area contributed by atoms with Crippen molar-refractivity contribution in [3.63, 3.8) is 0 Å². The van der Waals surface area contributed by atoms with Gasteiger partial charge in [0.05, 0.1) is 11.5 Å². The molecule has 0 saturated carbocycles. The fourth-order valence-electron chi connectivity index (χ4n) is 2.88. The van der Waals surface area contributed by atoms with Crippen LogP contribution in [0.25, 0.3) is 0 Å². The Bertz CT molecular complexity index is 654. The smallest absolute Gasteiger partial charge is 0.321 e. The fraction of sp³-hybridized carbons (Fsp3) is 0.529. The lowest BCUT2D eigenvalue weighted by Crippen LogP contribution is -2.52. The molecule has 9 nitrogen and oxygen atoms in total. The Balaban J connectivity index is 1.84. The lowest BCUT2D eigenvalue weighted by molar-refractivity contribution is -0.384. The van der Waals surface area contributed by atoms with E-state index in [-0.39, 0.29) is 17.6 Å². The van der Waals surface area contributed by atoms with Crippen LogP contribution in [0.15, 0.2) is 24.3 Å². The minimum Gasteiger partial charge on any atom is -0.342 e. The van der Waals surface area contributed by atoms with Gasteiger partial charge in [0.2, 0.25) is 5.91 Å². The van der Waals surface area contributed by atoms with Gasteiger partial charge in [-0.25, -0.2) is 4.79 Å². The predicted octanol–water partition coefficient (Wildman–Crippen LogP) is 1.61. The van der Waals surface area contributed by atoms with Crippen LogP contribution in [0.3, 0.4) is 0 Å². The van der Waals surface area contributed by atoms with Crippen LogP contribution in [0.1, 0.15) is 13.8 Å². The monoisotopic (exact) mass is 363 g/mol. The Morgan fingerprint density at radius 3 is 2.42 bits per heavy atom. The molecule has 1 saturated heterocycles. The van der Waals surface area contributed by atoms with Crippen molar-refractivity contribution in [2.24, 2.45) is 0 Å². The first-order chi connectivity index (χ1) is 12.4. The number of piperazine rings is 1. The maximum absolute atomic E-state index is 12.3. The Hall–Kier alpha value is -2.68. The minimum absolute atomic E-state index is 0.0671. The fourth-order valence-corrected chi connectivity index (χ4v) is 2.88. The molecule has 0 bridgehead atoms. The molecule has 26 heavy (non-hydrogen) atoms. The number of carbonyl (C=O) groups excluding carboxylic acids is 2. The maximum Gasteiger partial charge on any atom is 0.321 e. The number of nitro benzene ring substituents is 1. The second-order valence-electron chi connectivity index (χ2n) is 6.07. The highest BCUT2D eigenvalue weighted by Gasteiger charge is 2.23. The van der Waals surface area contributed by atoms with E-state index in [0.29, 0.717) is 51.5 Å². The van der Waals surface area contributed by atoms with Crippen LogP contribution < -0.4 is 5.32 Å². The second-order valence-corrected chi connectivity index (χ2v) is 6.07. The normalized spacial score (nSPS) is 14.8. The zero-order valence-electron chi connectivity index (χ0n) is 15.2. The number of hydrogen-bond acceptors (Lipinski definition) is 5. The van der Waals surface area contributed by atoms with Crippen molar-refractivity contribution >= 4 is 23.3 Å². The first-order valence-corrected chi connectivity index (χ1v) is 8.75. The third kappa shape index (κ3) is 5.16. The van der Waals surface area contributed by atoms with E-state index in [0.717, 1.165) is 0 Å². The van der Waals surface area contributed by atoms with E-state index in [1.165, 1.54) is 18.2 Å². The van der Waals surface area contributed by atoms with Crippen LogP contribution in [-0.2, 0) is 4.79 Å². The lowest BCUT2D eigenvalue weighted by Gasteiger charge is -2.35. The SMILES string of the molecule is CCN(CC)C(=O)CN1CCN(C(=O)Nc2cccc([N+](=O)[O-])c2)CC1. The molecule has 0 spiro atoms. The van der Waals surface area contributed by atoms with Crippen molar-refractivity contribution in [3.8, 4) is 0 Å². The summed E-state index contributed by atoms with van der Waals surface area (Å²) >= 11 is 0. The van der Waals surface area contributed by atoms with Crippen molar-refractivity contribution in [2.45, 2.75) is 13.8 Å². The minimum atomic E-state index is -0.499. The van der Waals surface area contributed by atoms with Crippen molar-refractivity contribution in [1.29, 1.82) is 0 Å². The Kier molecular flexibility index (Phi) is 6.90. The van der Waals surface area contributed by atoms with Crippen molar-refractivity contribution < 1.29 is 14.5 Å². The van der Waals surface area contributed by atoms with E-state index >= 15 is 0 Å². The van der Waals surface area contributed by atoms with Crippen LogP contribution in [0.5, 0.6) is 0 Å². The average Bonchev–Trinajstić information content (AvgIpc) is 2.63. The van der Waals surface area contributed by atoms with Gasteiger partial charge in [-0.1, -0.05) is 6.07 Å². The number of benzene rings is 1. The summed E-state index contributed by atoms with van der Waals surface area (Å²) in [6, 6.07) is 5.56. The number of non-ortho nitro benzene ring substituents is 1. The molecular weight excluding hydrogens is 338 g/mol. The van der Waals surface area contributed by atoms with Crippen molar-refractivity contribution in [3.05, 3.63) is 34.4 Å². The van der Waals surface area contributed by atoms with E-state index in [2.05, 4.69) is 5.32 Å². The summed E-state index contributed by atoms with van der Waals surface area (Å²) in [5.74, 6) is 0.101. The maximum atomic E-state index is 12.3. The largest absolute Gasteiger partial charge is 0.342 e. The zero-order chi connectivity index (χ0) is 19.1. The molecule has 1 aliphatic heterocycles. The van der Waals surface area contributed by atoms with Crippen LogP contribution in [0.2, 0.25) is 0 Å². The predicted molar refractivity (Wildman–Crippen MR) is 98.1 cm³/mol. The molecule has 3 amide bonds. The van der Waals surface area contributed by atoms with Gasteiger partial charge < -0.3 is 15.1 Å². The molecule has 142 valence electrons. The molecule has 1 aromatic carbocycles. The van der Waals surface area contributed by atoms with E-state index in [4.69, 9.17) is 0 Å². The van der Waals surface area contributed by atoms with Crippen molar-refractivity contribution in [2.75, 3.05) is 51.1 Å². The molecule has 1 aromatic rings. The molecule has 1 aliphatic rings. The Labute approximate surface area is 152 Å². The number of nitrogens with zero attached hydrogens (tertiary/aromatic N) is 4. The summed E-state index contributed by atoms with van der Waals surface area (Å²) in [5.41, 5.74) is 0.325. The average molecular weight is 363 g/mol. The third-order valence-corrected chi connectivity index (χ3v) is 4.44. The van der Waals surface area contributed by atoms with Gasteiger partial charge >= 0.3 is 6.03 Å². The summed E-state index contributed by atoms with van der Waals surface area (Å²) in [4.78, 5) is 40.3. The molecule has 0 unspecified atom stereocenters. The van der Waals surface area contributed by atoms with Gasteiger partial charge in [0.1, 0.15) is 0 Å². The third-order valence-electron chi connectivity index (χ3n) is 4.44. The molecule has 0 atom stereocenters. The number of anilines is 1. The molecule has 0 aromatic heterocycles. The first kappa shape index (κ1) is 19.6. The summed E-state index contributed by atoms with van der Waals surface area (Å²) in [5, 5.41) is 13.5. The van der Waals surface area contributed by atoms with Gasteiger partial charge in [0.25, 0.3) is 5.69 Å². The van der Waals surface area contributed by atoms with Crippen LogP contribution >= 0.6 is 0 Å². The highest BCUT2D eigenvalue weighted by Crippen LogP contribution is 2.17. The van der Waals surface area contributed by atoms with Gasteiger partial charge in [0, 0.05) is 57.1 Å². The Morgan fingerprint density at radius 1 is 1.19 bits per heavy atom. The summed E-state index contributed by atoms with van der Waals surface area (Å²) < 4.78 is 0. The molecule has 1 N–H and O–H groups in total. The Morgan fingerprint density at radius 2 is 1.85 bits per heavy atom. The number of nitro groups is 1. The van der Waals surface area contributed by atoms with Gasteiger partial charge in [-0.05, 0) is 19.9 Å². The number of rotatable bonds is 6. The van der Waals surface area contributed by atoms with E-state index in [1.807, 2.05) is 18.7 Å². The van der Waals surface area contributed by atoms with E-state index in [1.54, 1.807) is 15.9 Å². The zero-order valence-corrected chi connectivity index (χ0v) is 15.2. The van der Waals surface area contributed by atoms with Gasteiger partial charge in [0.15, 0.2) is 0 Å². The first-order valence-electron chi connectivity index (χ1n) is 8.75. The number of amides is 3. The number of carbonyl (C=O) groups is 2. The molecule has 0 radical (unpaired) electrons. The van der Waals surface area contributed by atoms with Gasteiger partial charge in [-0.2, -0.15) is 0 Å². The standard InChI is InChI=1S/C17H25N5O4/c1-3-20(4-2)16(23)13-19-8-10-21(11-9-19)17(24)18-14-6-5-7-15(12-14)22(25)26/h5-7,12H,3-4,8-11,13H2,1-2H3,(H,18,24). The van der Waals surface area contributed by atoms with Gasteiger partial charge in [-0.15, -0.1) is 0 Å². The summed E-state index contributed by atoms with van der Waals surface area (Å²) in [6.07, 6.45) is 0. The lowest BCUT2D eigenvalue weighted by atomic mass is 10.3. The second kappa shape index (κ2) is 9.14. The van der Waals surface area contributed by atoms with Crippen LogP contribution in [0.4, 0.5) is 16.2 Å². The number of hydrogen-bond donors (Lipinski definition) is 1. The van der Waals surface area contributed by atoms with E-state index in [9.17, 15) is 19.7 Å². The highest BCUT2D eigenvalue weighted by atomic mass is 16.6. The topological polar surface area (TPSA) is 99.0 Å². The quantitative estimate of drug-likeness (QED) is 0.611. The highest BCUT2D eigenvalue weighted by molar-refractivity contribution is 5.89. The molecule has 0 aliphatic carbocycles. The summed E-state index contributed by atoms with van der Waals surface area (Å²) in [7, 11) is 0. The summed E-state index contributed by atoms with van der Waals surface area (Å²) in [6.45, 7) is 7.92. The molecule has 9 heteroatoms.